The molecule has 0 bridgehead atoms. The summed E-state index contributed by atoms with van der Waals surface area (Å²) in [6.07, 6.45) is 5.86. The molecule has 2 aromatic rings. The summed E-state index contributed by atoms with van der Waals surface area (Å²) in [4.78, 5) is 20.0. The van der Waals surface area contributed by atoms with Gasteiger partial charge in [0.25, 0.3) is 5.91 Å². The molecule has 0 radical (unpaired) electrons. The van der Waals surface area contributed by atoms with Crippen molar-refractivity contribution in [3.63, 3.8) is 0 Å². The van der Waals surface area contributed by atoms with Crippen molar-refractivity contribution in [1.82, 2.24) is 19.7 Å². The van der Waals surface area contributed by atoms with Gasteiger partial charge >= 0.3 is 0 Å². The van der Waals surface area contributed by atoms with Crippen molar-refractivity contribution in [3.8, 4) is 0 Å². The molecule has 1 aliphatic heterocycles. The summed E-state index contributed by atoms with van der Waals surface area (Å²) in [5.41, 5.74) is 0.531. The SMILES string of the molecule is Cc1cnc([C@H]2CCCN(C(=O)c3ccn(C)n3)C2)s1. The van der Waals surface area contributed by atoms with Gasteiger partial charge in [-0.25, -0.2) is 4.98 Å². The molecule has 0 aliphatic carbocycles. The van der Waals surface area contributed by atoms with Crippen LogP contribution in [0.25, 0.3) is 0 Å². The van der Waals surface area contributed by atoms with E-state index in [1.807, 2.05) is 18.1 Å². The van der Waals surface area contributed by atoms with Crippen molar-refractivity contribution < 1.29 is 4.79 Å². The number of aryl methyl sites for hydroxylation is 2. The minimum atomic E-state index is 0.0311. The lowest BCUT2D eigenvalue weighted by Gasteiger charge is -2.31. The predicted molar refractivity (Wildman–Crippen MR) is 77.9 cm³/mol. The van der Waals surface area contributed by atoms with E-state index in [1.165, 1.54) is 4.88 Å². The summed E-state index contributed by atoms with van der Waals surface area (Å²) >= 11 is 1.74. The van der Waals surface area contributed by atoms with Crippen LogP contribution in [-0.2, 0) is 7.05 Å². The van der Waals surface area contributed by atoms with Gasteiger partial charge in [-0.3, -0.25) is 9.48 Å². The minimum Gasteiger partial charge on any atom is -0.337 e. The Hall–Kier alpha value is -1.69. The van der Waals surface area contributed by atoms with Crippen LogP contribution in [0.15, 0.2) is 18.5 Å². The van der Waals surface area contributed by atoms with Crippen LogP contribution in [0.5, 0.6) is 0 Å². The summed E-state index contributed by atoms with van der Waals surface area (Å²) < 4.78 is 1.67. The maximum Gasteiger partial charge on any atom is 0.274 e. The Labute approximate surface area is 122 Å². The van der Waals surface area contributed by atoms with E-state index >= 15 is 0 Å². The maximum absolute atomic E-state index is 12.4. The highest BCUT2D eigenvalue weighted by Gasteiger charge is 2.27. The molecule has 1 amide bonds. The van der Waals surface area contributed by atoms with Crippen LogP contribution in [0.1, 0.15) is 39.1 Å². The van der Waals surface area contributed by atoms with E-state index in [1.54, 1.807) is 28.3 Å². The summed E-state index contributed by atoms with van der Waals surface area (Å²) in [6, 6.07) is 1.78. The van der Waals surface area contributed by atoms with E-state index in [2.05, 4.69) is 17.0 Å². The van der Waals surface area contributed by atoms with Gasteiger partial charge < -0.3 is 4.90 Å². The number of carbonyl (C=O) groups is 1. The van der Waals surface area contributed by atoms with E-state index in [-0.39, 0.29) is 5.91 Å². The van der Waals surface area contributed by atoms with Crippen LogP contribution < -0.4 is 0 Å². The molecule has 1 fully saturated rings. The largest absolute Gasteiger partial charge is 0.337 e. The second-order valence-corrected chi connectivity index (χ2v) is 6.54. The zero-order valence-electron chi connectivity index (χ0n) is 11.7. The van der Waals surface area contributed by atoms with Crippen LogP contribution >= 0.6 is 11.3 Å². The molecule has 5 nitrogen and oxygen atoms in total. The number of thiazole rings is 1. The Morgan fingerprint density at radius 3 is 3.00 bits per heavy atom. The van der Waals surface area contributed by atoms with E-state index in [0.29, 0.717) is 11.6 Å². The Morgan fingerprint density at radius 2 is 2.35 bits per heavy atom. The minimum absolute atomic E-state index is 0.0311. The van der Waals surface area contributed by atoms with Gasteiger partial charge in [-0.15, -0.1) is 11.3 Å². The lowest BCUT2D eigenvalue weighted by atomic mass is 9.98. The van der Waals surface area contributed by atoms with Gasteiger partial charge in [-0.2, -0.15) is 5.10 Å². The fourth-order valence-corrected chi connectivity index (χ4v) is 3.51. The number of nitrogens with zero attached hydrogens (tertiary/aromatic N) is 4. The lowest BCUT2D eigenvalue weighted by molar-refractivity contribution is 0.0700. The third kappa shape index (κ3) is 2.60. The fourth-order valence-electron chi connectivity index (χ4n) is 2.62. The second-order valence-electron chi connectivity index (χ2n) is 5.27. The normalized spacial score (nSPS) is 19.3. The second kappa shape index (κ2) is 5.36. The average molecular weight is 290 g/mol. The molecule has 1 aliphatic rings. The Kier molecular flexibility index (Phi) is 3.56. The summed E-state index contributed by atoms with van der Waals surface area (Å²) in [7, 11) is 1.83. The summed E-state index contributed by atoms with van der Waals surface area (Å²) in [6.45, 7) is 3.64. The predicted octanol–water partition coefficient (Wildman–Crippen LogP) is 2.20. The van der Waals surface area contributed by atoms with Crippen molar-refractivity contribution in [3.05, 3.63) is 34.0 Å². The topological polar surface area (TPSA) is 51.0 Å². The van der Waals surface area contributed by atoms with Crippen LogP contribution in [0.4, 0.5) is 0 Å². The number of amides is 1. The van der Waals surface area contributed by atoms with Crippen LogP contribution in [-0.4, -0.2) is 38.7 Å². The van der Waals surface area contributed by atoms with Gasteiger partial charge in [0.05, 0.1) is 5.01 Å². The monoisotopic (exact) mass is 290 g/mol. The molecule has 0 spiro atoms. The van der Waals surface area contributed by atoms with Gasteiger partial charge in [0.15, 0.2) is 0 Å². The van der Waals surface area contributed by atoms with Crippen LogP contribution in [0, 0.1) is 6.92 Å². The molecule has 3 heterocycles. The summed E-state index contributed by atoms with van der Waals surface area (Å²) in [5.74, 6) is 0.402. The Bertz CT molecular complexity index is 618. The Balaban J connectivity index is 1.73. The van der Waals surface area contributed by atoms with Gasteiger partial charge in [-0.05, 0) is 25.8 Å². The molecule has 0 unspecified atom stereocenters. The summed E-state index contributed by atoms with van der Waals surface area (Å²) in [5, 5.41) is 5.35. The van der Waals surface area contributed by atoms with Gasteiger partial charge in [-0.1, -0.05) is 0 Å². The number of aromatic nitrogens is 3. The quantitative estimate of drug-likeness (QED) is 0.852. The van der Waals surface area contributed by atoms with Gasteiger partial charge in [0.1, 0.15) is 5.69 Å². The zero-order valence-corrected chi connectivity index (χ0v) is 12.6. The van der Waals surface area contributed by atoms with Crippen molar-refractivity contribution in [2.75, 3.05) is 13.1 Å². The highest BCUT2D eigenvalue weighted by molar-refractivity contribution is 7.11. The highest BCUT2D eigenvalue weighted by atomic mass is 32.1. The maximum atomic E-state index is 12.4. The van der Waals surface area contributed by atoms with E-state index in [4.69, 9.17) is 0 Å². The van der Waals surface area contributed by atoms with Crippen molar-refractivity contribution >= 4 is 17.2 Å². The zero-order chi connectivity index (χ0) is 14.1. The van der Waals surface area contributed by atoms with E-state index in [9.17, 15) is 4.79 Å². The van der Waals surface area contributed by atoms with E-state index in [0.717, 1.165) is 30.9 Å². The standard InChI is InChI=1S/C14H18N4OS/c1-10-8-15-13(20-10)11-4-3-6-18(9-11)14(19)12-5-7-17(2)16-12/h5,7-8,11H,3-4,6,9H2,1-2H3/t11-/m0/s1. The van der Waals surface area contributed by atoms with Crippen molar-refractivity contribution in [1.29, 1.82) is 0 Å². The van der Waals surface area contributed by atoms with Gasteiger partial charge in [0.2, 0.25) is 0 Å². The molecule has 106 valence electrons. The molecule has 3 rings (SSSR count). The number of carbonyl (C=O) groups excluding carboxylic acids is 1. The number of piperidine rings is 1. The number of hydrogen-bond acceptors (Lipinski definition) is 4. The molecule has 20 heavy (non-hydrogen) atoms. The first-order valence-corrected chi connectivity index (χ1v) is 7.66. The van der Waals surface area contributed by atoms with Gasteiger partial charge in [0, 0.05) is 43.3 Å². The molecular formula is C14H18N4OS. The average Bonchev–Trinajstić information content (AvgIpc) is 3.07. The molecule has 0 aromatic carbocycles. The smallest absolute Gasteiger partial charge is 0.274 e. The Morgan fingerprint density at radius 1 is 1.50 bits per heavy atom. The first-order chi connectivity index (χ1) is 9.63. The number of rotatable bonds is 2. The first kappa shape index (κ1) is 13.3. The molecule has 2 aromatic heterocycles. The lowest BCUT2D eigenvalue weighted by Crippen LogP contribution is -2.39. The number of likely N-dealkylation sites (tertiary alicyclic amines) is 1. The fraction of sp³-hybridized carbons (Fsp3) is 0.500. The molecule has 6 heteroatoms. The molecular weight excluding hydrogens is 272 g/mol. The van der Waals surface area contributed by atoms with E-state index < -0.39 is 0 Å². The number of hydrogen-bond donors (Lipinski definition) is 0. The molecule has 1 atom stereocenters. The first-order valence-electron chi connectivity index (χ1n) is 6.85. The molecule has 1 saturated heterocycles. The van der Waals surface area contributed by atoms with Crippen molar-refractivity contribution in [2.45, 2.75) is 25.7 Å². The molecule has 0 saturated carbocycles. The van der Waals surface area contributed by atoms with Crippen LogP contribution in [0.3, 0.4) is 0 Å². The highest BCUT2D eigenvalue weighted by Crippen LogP contribution is 2.30. The molecule has 0 N–H and O–H groups in total. The van der Waals surface area contributed by atoms with Crippen molar-refractivity contribution in [2.24, 2.45) is 7.05 Å². The van der Waals surface area contributed by atoms with Crippen LogP contribution in [0.2, 0.25) is 0 Å². The third-order valence-electron chi connectivity index (χ3n) is 3.63. The third-order valence-corrected chi connectivity index (χ3v) is 4.70.